The normalized spacial score (nSPS) is 32.6. The fourth-order valence-electron chi connectivity index (χ4n) is 2.65. The van der Waals surface area contributed by atoms with Gasteiger partial charge in [0.2, 0.25) is 0 Å². The number of imidazole rings is 1. The van der Waals surface area contributed by atoms with Crippen molar-refractivity contribution in [2.75, 3.05) is 0 Å². The lowest BCUT2D eigenvalue weighted by Crippen LogP contribution is -2.33. The van der Waals surface area contributed by atoms with Crippen LogP contribution in [0.15, 0.2) is 6.20 Å². The summed E-state index contributed by atoms with van der Waals surface area (Å²) in [5.74, 6) is 1.09. The maximum absolute atomic E-state index is 13.9. The highest BCUT2D eigenvalue weighted by Gasteiger charge is 2.35. The van der Waals surface area contributed by atoms with Crippen LogP contribution in [0.2, 0.25) is 0 Å². The fourth-order valence-corrected chi connectivity index (χ4v) is 2.65. The Balaban J connectivity index is 2.07. The Morgan fingerprint density at radius 1 is 1.69 bits per heavy atom. The number of alkyl halides is 1. The summed E-state index contributed by atoms with van der Waals surface area (Å²) in [7, 11) is 0. The van der Waals surface area contributed by atoms with Crippen LogP contribution in [0.5, 0.6) is 0 Å². The minimum Gasteiger partial charge on any atom is -0.345 e. The Hall–Kier alpha value is -0.900. The monoisotopic (exact) mass is 225 g/mol. The summed E-state index contributed by atoms with van der Waals surface area (Å²) in [5.41, 5.74) is 6.05. The summed E-state index contributed by atoms with van der Waals surface area (Å²) in [4.78, 5) is 7.28. The summed E-state index contributed by atoms with van der Waals surface area (Å²) >= 11 is 0. The first-order valence-electron chi connectivity index (χ1n) is 5.94. The maximum Gasteiger partial charge on any atom is 0.108 e. The van der Waals surface area contributed by atoms with Crippen molar-refractivity contribution in [1.82, 2.24) is 9.97 Å². The van der Waals surface area contributed by atoms with Crippen LogP contribution in [0, 0.1) is 12.8 Å². The fraction of sp³-hybridized carbons (Fsp3) is 0.750. The van der Waals surface area contributed by atoms with Gasteiger partial charge >= 0.3 is 0 Å². The van der Waals surface area contributed by atoms with Crippen LogP contribution < -0.4 is 5.73 Å². The van der Waals surface area contributed by atoms with E-state index in [0.717, 1.165) is 24.4 Å². The lowest BCUT2D eigenvalue weighted by atomic mass is 9.76. The van der Waals surface area contributed by atoms with Crippen LogP contribution in [0.3, 0.4) is 0 Å². The molecule has 3 unspecified atom stereocenters. The molecular formula is C12H20FN3. The topological polar surface area (TPSA) is 54.7 Å². The molecule has 16 heavy (non-hydrogen) atoms. The quantitative estimate of drug-likeness (QED) is 0.813. The summed E-state index contributed by atoms with van der Waals surface area (Å²) in [6, 6.07) is -0.114. The van der Waals surface area contributed by atoms with Crippen LogP contribution in [0.25, 0.3) is 0 Å². The second kappa shape index (κ2) is 4.17. The minimum atomic E-state index is -1.05. The van der Waals surface area contributed by atoms with E-state index in [-0.39, 0.29) is 12.0 Å². The van der Waals surface area contributed by atoms with E-state index in [0.29, 0.717) is 12.8 Å². The molecule has 3 atom stereocenters. The van der Waals surface area contributed by atoms with E-state index in [1.54, 1.807) is 13.1 Å². The first-order chi connectivity index (χ1) is 7.48. The van der Waals surface area contributed by atoms with Gasteiger partial charge in [-0.3, -0.25) is 0 Å². The molecule has 1 heterocycles. The van der Waals surface area contributed by atoms with Gasteiger partial charge < -0.3 is 10.7 Å². The molecular weight excluding hydrogens is 205 g/mol. The van der Waals surface area contributed by atoms with Gasteiger partial charge in [0.05, 0.1) is 5.69 Å². The maximum atomic E-state index is 13.9. The highest BCUT2D eigenvalue weighted by Crippen LogP contribution is 2.39. The number of nitrogens with one attached hydrogen (secondary N) is 1. The molecule has 0 saturated heterocycles. The van der Waals surface area contributed by atoms with Crippen molar-refractivity contribution in [2.45, 2.75) is 51.2 Å². The lowest BCUT2D eigenvalue weighted by Gasteiger charge is -2.34. The average molecular weight is 225 g/mol. The number of aromatic nitrogens is 2. The van der Waals surface area contributed by atoms with Gasteiger partial charge in [-0.2, -0.15) is 0 Å². The van der Waals surface area contributed by atoms with Crippen molar-refractivity contribution in [3.8, 4) is 0 Å². The molecule has 1 aliphatic rings. The molecule has 2 rings (SSSR count). The van der Waals surface area contributed by atoms with Crippen molar-refractivity contribution in [3.63, 3.8) is 0 Å². The number of hydrogen-bond acceptors (Lipinski definition) is 2. The van der Waals surface area contributed by atoms with Crippen LogP contribution >= 0.6 is 0 Å². The first-order valence-corrected chi connectivity index (χ1v) is 5.94. The predicted molar refractivity (Wildman–Crippen MR) is 61.7 cm³/mol. The van der Waals surface area contributed by atoms with Crippen molar-refractivity contribution in [3.05, 3.63) is 17.7 Å². The predicted octanol–water partition coefficient (Wildman–Crippen LogP) is 2.64. The smallest absolute Gasteiger partial charge is 0.108 e. The van der Waals surface area contributed by atoms with Gasteiger partial charge in [0.15, 0.2) is 0 Å². The third kappa shape index (κ3) is 2.43. The van der Waals surface area contributed by atoms with Crippen molar-refractivity contribution in [2.24, 2.45) is 11.7 Å². The summed E-state index contributed by atoms with van der Waals surface area (Å²) in [5, 5.41) is 0. The van der Waals surface area contributed by atoms with Crippen LogP contribution in [0.1, 0.15) is 50.2 Å². The van der Waals surface area contributed by atoms with Crippen molar-refractivity contribution < 1.29 is 4.39 Å². The molecule has 0 bridgehead atoms. The molecule has 0 radical (unpaired) electrons. The third-order valence-corrected chi connectivity index (χ3v) is 3.55. The Morgan fingerprint density at radius 3 is 3.00 bits per heavy atom. The Labute approximate surface area is 95.6 Å². The van der Waals surface area contributed by atoms with E-state index in [1.807, 2.05) is 6.92 Å². The van der Waals surface area contributed by atoms with E-state index in [1.165, 1.54) is 0 Å². The van der Waals surface area contributed by atoms with Gasteiger partial charge in [0.1, 0.15) is 11.5 Å². The highest BCUT2D eigenvalue weighted by atomic mass is 19.1. The molecule has 1 saturated carbocycles. The van der Waals surface area contributed by atoms with Gasteiger partial charge in [-0.05, 0) is 45.4 Å². The lowest BCUT2D eigenvalue weighted by molar-refractivity contribution is 0.0838. The molecule has 3 nitrogen and oxygen atoms in total. The molecule has 1 aromatic rings. The molecule has 3 N–H and O–H groups in total. The van der Waals surface area contributed by atoms with Gasteiger partial charge in [-0.25, -0.2) is 9.37 Å². The summed E-state index contributed by atoms with van der Waals surface area (Å²) in [6.07, 6.45) is 4.94. The highest BCUT2D eigenvalue weighted by molar-refractivity contribution is 5.08. The van der Waals surface area contributed by atoms with Gasteiger partial charge in [-0.15, -0.1) is 0 Å². The van der Waals surface area contributed by atoms with Crippen LogP contribution in [-0.4, -0.2) is 15.6 Å². The SMILES string of the molecule is Cc1ncc(C(N)C2CCCC(C)(F)C2)[nH]1. The molecule has 4 heteroatoms. The molecule has 0 spiro atoms. The Kier molecular flexibility index (Phi) is 3.02. The Morgan fingerprint density at radius 2 is 2.44 bits per heavy atom. The number of halogens is 1. The van der Waals surface area contributed by atoms with Crippen molar-refractivity contribution >= 4 is 0 Å². The summed E-state index contributed by atoms with van der Waals surface area (Å²) in [6.45, 7) is 3.58. The molecule has 1 aromatic heterocycles. The second-order valence-corrected chi connectivity index (χ2v) is 5.22. The number of aryl methyl sites for hydroxylation is 1. The zero-order valence-electron chi connectivity index (χ0n) is 9.96. The van der Waals surface area contributed by atoms with Gasteiger partial charge in [-0.1, -0.05) is 0 Å². The molecule has 0 aromatic carbocycles. The zero-order valence-corrected chi connectivity index (χ0v) is 9.96. The number of H-pyrrole nitrogens is 1. The number of hydrogen-bond donors (Lipinski definition) is 2. The molecule has 90 valence electrons. The molecule has 1 fully saturated rings. The van der Waals surface area contributed by atoms with E-state index in [4.69, 9.17) is 5.73 Å². The standard InChI is InChI=1S/C12H20FN3/c1-8-15-7-10(16-8)11(14)9-4-3-5-12(2,13)6-9/h7,9,11H,3-6,14H2,1-2H3,(H,15,16). The van der Waals surface area contributed by atoms with E-state index in [9.17, 15) is 4.39 Å². The van der Waals surface area contributed by atoms with E-state index in [2.05, 4.69) is 9.97 Å². The average Bonchev–Trinajstić information content (AvgIpc) is 2.62. The molecule has 0 aliphatic heterocycles. The van der Waals surface area contributed by atoms with E-state index >= 15 is 0 Å². The van der Waals surface area contributed by atoms with Crippen molar-refractivity contribution in [1.29, 1.82) is 0 Å². The number of nitrogens with two attached hydrogens (primary N) is 1. The number of aromatic amines is 1. The summed E-state index contributed by atoms with van der Waals surface area (Å²) < 4.78 is 13.9. The van der Waals surface area contributed by atoms with Crippen LogP contribution in [-0.2, 0) is 0 Å². The largest absolute Gasteiger partial charge is 0.345 e. The third-order valence-electron chi connectivity index (χ3n) is 3.55. The van der Waals surface area contributed by atoms with Gasteiger partial charge in [0.25, 0.3) is 0 Å². The molecule has 0 amide bonds. The van der Waals surface area contributed by atoms with Gasteiger partial charge in [0, 0.05) is 12.2 Å². The van der Waals surface area contributed by atoms with E-state index < -0.39 is 5.67 Å². The number of rotatable bonds is 2. The van der Waals surface area contributed by atoms with Crippen LogP contribution in [0.4, 0.5) is 4.39 Å². The number of nitrogens with zero attached hydrogens (tertiary/aromatic N) is 1. The minimum absolute atomic E-state index is 0.114. The Bertz CT molecular complexity index is 359. The zero-order chi connectivity index (χ0) is 11.8. The first kappa shape index (κ1) is 11.6. The molecule has 1 aliphatic carbocycles. The second-order valence-electron chi connectivity index (χ2n) is 5.22.